The Hall–Kier alpha value is -0.120. The number of benzene rings is 1. The van der Waals surface area contributed by atoms with Crippen LogP contribution in [0.4, 0.5) is 0 Å². The summed E-state index contributed by atoms with van der Waals surface area (Å²) in [6, 6.07) is 8.87. The minimum Gasteiger partial charge on any atom is -0.143 e. The topological polar surface area (TPSA) is 0 Å². The summed E-state index contributed by atoms with van der Waals surface area (Å²) >= 11 is 9.27. The molecule has 0 aliphatic rings. The Morgan fingerprint density at radius 2 is 1.59 bits per heavy atom. The molecule has 2 rings (SSSR count). The SMILES string of the molecule is Cc1cc(C)cc(C(Br)c2sc(C)cc2Br)c1. The van der Waals surface area contributed by atoms with Crippen LogP contribution in [-0.4, -0.2) is 0 Å². The highest BCUT2D eigenvalue weighted by atomic mass is 79.9. The Balaban J connectivity index is 2.43. The first-order valence-electron chi connectivity index (χ1n) is 5.45. The summed E-state index contributed by atoms with van der Waals surface area (Å²) in [5, 5.41) is 0. The van der Waals surface area contributed by atoms with Gasteiger partial charge in [-0.25, -0.2) is 0 Å². The molecule has 0 aliphatic carbocycles. The van der Waals surface area contributed by atoms with E-state index in [1.165, 1.54) is 30.9 Å². The summed E-state index contributed by atoms with van der Waals surface area (Å²) in [4.78, 5) is 2.95. The number of rotatable bonds is 2. The molecular formula is C14H14Br2S. The van der Waals surface area contributed by atoms with Crippen LogP contribution in [0.25, 0.3) is 0 Å². The smallest absolute Gasteiger partial charge is 0.0749 e. The fourth-order valence-corrected chi connectivity index (χ4v) is 4.97. The van der Waals surface area contributed by atoms with Gasteiger partial charge in [-0.15, -0.1) is 11.3 Å². The highest BCUT2D eigenvalue weighted by Gasteiger charge is 2.16. The second-order valence-electron chi connectivity index (χ2n) is 4.35. The van der Waals surface area contributed by atoms with Crippen LogP contribution in [0.5, 0.6) is 0 Å². The van der Waals surface area contributed by atoms with E-state index in [1.807, 2.05) is 11.3 Å². The molecule has 0 aliphatic heterocycles. The fraction of sp³-hybridized carbons (Fsp3) is 0.286. The number of hydrogen-bond acceptors (Lipinski definition) is 1. The molecule has 1 heterocycles. The Morgan fingerprint density at radius 1 is 1.00 bits per heavy atom. The molecule has 1 aromatic carbocycles. The number of aryl methyl sites for hydroxylation is 3. The van der Waals surface area contributed by atoms with E-state index in [1.54, 1.807) is 0 Å². The molecule has 0 nitrogen and oxygen atoms in total. The van der Waals surface area contributed by atoms with Gasteiger partial charge in [-0.3, -0.25) is 0 Å². The molecule has 0 amide bonds. The molecule has 0 fully saturated rings. The van der Waals surface area contributed by atoms with Gasteiger partial charge in [-0.05, 0) is 48.3 Å². The van der Waals surface area contributed by atoms with E-state index in [0.717, 1.165) is 0 Å². The zero-order valence-electron chi connectivity index (χ0n) is 10.1. The van der Waals surface area contributed by atoms with Crippen LogP contribution in [0.15, 0.2) is 28.7 Å². The molecular weight excluding hydrogens is 360 g/mol. The van der Waals surface area contributed by atoms with Crippen LogP contribution in [0.1, 0.15) is 31.3 Å². The summed E-state index contributed by atoms with van der Waals surface area (Å²) in [5.41, 5.74) is 3.95. The molecule has 0 bridgehead atoms. The number of halogens is 2. The Kier molecular flexibility index (Phi) is 4.11. The van der Waals surface area contributed by atoms with Crippen molar-refractivity contribution in [2.24, 2.45) is 0 Å². The number of hydrogen-bond donors (Lipinski definition) is 0. The summed E-state index contributed by atoms with van der Waals surface area (Å²) in [6.07, 6.45) is 0. The van der Waals surface area contributed by atoms with Gasteiger partial charge >= 0.3 is 0 Å². The standard InChI is InChI=1S/C14H14Br2S/c1-8-4-9(2)6-11(5-8)13(16)14-12(15)7-10(3)17-14/h4-7,13H,1-3H3. The van der Waals surface area contributed by atoms with Crippen LogP contribution in [-0.2, 0) is 0 Å². The van der Waals surface area contributed by atoms with Crippen LogP contribution >= 0.6 is 43.2 Å². The minimum absolute atomic E-state index is 0.272. The van der Waals surface area contributed by atoms with Gasteiger partial charge in [0.1, 0.15) is 0 Å². The summed E-state index contributed by atoms with van der Waals surface area (Å²) in [5.74, 6) is 0. The van der Waals surface area contributed by atoms with Crippen LogP contribution in [0.3, 0.4) is 0 Å². The lowest BCUT2D eigenvalue weighted by Crippen LogP contribution is -1.92. The van der Waals surface area contributed by atoms with Gasteiger partial charge < -0.3 is 0 Å². The van der Waals surface area contributed by atoms with Gasteiger partial charge in [0.2, 0.25) is 0 Å². The predicted octanol–water partition coefficient (Wildman–Crippen LogP) is 5.92. The number of alkyl halides is 1. The van der Waals surface area contributed by atoms with Crippen molar-refractivity contribution in [3.63, 3.8) is 0 Å². The Bertz CT molecular complexity index is 523. The van der Waals surface area contributed by atoms with E-state index >= 15 is 0 Å². The van der Waals surface area contributed by atoms with Crippen molar-refractivity contribution in [3.05, 3.63) is 55.2 Å². The van der Waals surface area contributed by atoms with Crippen molar-refractivity contribution in [2.45, 2.75) is 25.6 Å². The fourth-order valence-electron chi connectivity index (χ4n) is 1.98. The molecule has 0 saturated carbocycles. The lowest BCUT2D eigenvalue weighted by molar-refractivity contribution is 1.18. The molecule has 0 N–H and O–H groups in total. The molecule has 0 radical (unpaired) electrons. The zero-order valence-corrected chi connectivity index (χ0v) is 14.0. The van der Waals surface area contributed by atoms with Crippen LogP contribution in [0.2, 0.25) is 0 Å². The third-order valence-electron chi connectivity index (χ3n) is 2.60. The van der Waals surface area contributed by atoms with Crippen molar-refractivity contribution in [1.29, 1.82) is 0 Å². The first-order chi connectivity index (χ1) is 7.97. The zero-order chi connectivity index (χ0) is 12.6. The van der Waals surface area contributed by atoms with Gasteiger partial charge in [0, 0.05) is 14.2 Å². The van der Waals surface area contributed by atoms with E-state index in [4.69, 9.17) is 0 Å². The second-order valence-corrected chi connectivity index (χ2v) is 7.41. The molecule has 1 atom stereocenters. The Morgan fingerprint density at radius 3 is 2.06 bits per heavy atom. The average molecular weight is 374 g/mol. The van der Waals surface area contributed by atoms with Gasteiger partial charge in [-0.1, -0.05) is 45.3 Å². The first-order valence-corrected chi connectivity index (χ1v) is 7.98. The van der Waals surface area contributed by atoms with Crippen molar-refractivity contribution in [3.8, 4) is 0 Å². The monoisotopic (exact) mass is 372 g/mol. The molecule has 1 aromatic heterocycles. The molecule has 2 aromatic rings. The lowest BCUT2D eigenvalue weighted by atomic mass is 10.0. The van der Waals surface area contributed by atoms with E-state index in [9.17, 15) is 0 Å². The third kappa shape index (κ3) is 3.01. The van der Waals surface area contributed by atoms with Crippen molar-refractivity contribution >= 4 is 43.2 Å². The highest BCUT2D eigenvalue weighted by molar-refractivity contribution is 9.11. The van der Waals surface area contributed by atoms with Crippen molar-refractivity contribution < 1.29 is 0 Å². The third-order valence-corrected chi connectivity index (χ3v) is 5.93. The van der Waals surface area contributed by atoms with Gasteiger partial charge in [0.05, 0.1) is 4.83 Å². The molecule has 3 heteroatoms. The van der Waals surface area contributed by atoms with Crippen molar-refractivity contribution in [2.75, 3.05) is 0 Å². The first kappa shape index (κ1) is 13.3. The maximum absolute atomic E-state index is 3.81. The van der Waals surface area contributed by atoms with E-state index < -0.39 is 0 Å². The van der Waals surface area contributed by atoms with E-state index in [0.29, 0.717) is 0 Å². The van der Waals surface area contributed by atoms with Gasteiger partial charge in [0.25, 0.3) is 0 Å². The van der Waals surface area contributed by atoms with Gasteiger partial charge in [0.15, 0.2) is 0 Å². The second kappa shape index (κ2) is 5.25. The maximum Gasteiger partial charge on any atom is 0.0749 e. The molecule has 0 spiro atoms. The maximum atomic E-state index is 3.81. The molecule has 1 unspecified atom stereocenters. The normalized spacial score (nSPS) is 12.8. The predicted molar refractivity (Wildman–Crippen MR) is 83.4 cm³/mol. The van der Waals surface area contributed by atoms with Crippen LogP contribution in [0, 0.1) is 20.8 Å². The summed E-state index contributed by atoms with van der Waals surface area (Å²) in [6.45, 7) is 6.43. The van der Waals surface area contributed by atoms with Crippen LogP contribution < -0.4 is 0 Å². The summed E-state index contributed by atoms with van der Waals surface area (Å²) in [7, 11) is 0. The summed E-state index contributed by atoms with van der Waals surface area (Å²) < 4.78 is 1.20. The number of thiophene rings is 1. The van der Waals surface area contributed by atoms with Crippen molar-refractivity contribution in [1.82, 2.24) is 0 Å². The van der Waals surface area contributed by atoms with E-state index in [-0.39, 0.29) is 4.83 Å². The molecule has 0 saturated heterocycles. The molecule has 17 heavy (non-hydrogen) atoms. The quantitative estimate of drug-likeness (QED) is 0.573. The van der Waals surface area contributed by atoms with E-state index in [2.05, 4.69) is 76.9 Å². The largest absolute Gasteiger partial charge is 0.143 e. The average Bonchev–Trinajstić information content (AvgIpc) is 2.55. The lowest BCUT2D eigenvalue weighted by Gasteiger charge is -2.11. The van der Waals surface area contributed by atoms with Gasteiger partial charge in [-0.2, -0.15) is 0 Å². The highest BCUT2D eigenvalue weighted by Crippen LogP contribution is 2.40. The minimum atomic E-state index is 0.272. The Labute approximate surface area is 123 Å². The molecule has 90 valence electrons.